The number of piperidine rings is 1. The Kier molecular flexibility index (Phi) is 6.12. The van der Waals surface area contributed by atoms with Crippen molar-refractivity contribution in [3.63, 3.8) is 0 Å². The van der Waals surface area contributed by atoms with E-state index in [9.17, 15) is 9.18 Å². The molecule has 132 valence electrons. The first-order valence-electron chi connectivity index (χ1n) is 8.86. The molecule has 0 spiro atoms. The van der Waals surface area contributed by atoms with Crippen LogP contribution in [0.25, 0.3) is 0 Å². The summed E-state index contributed by atoms with van der Waals surface area (Å²) >= 11 is 0. The van der Waals surface area contributed by atoms with Gasteiger partial charge in [-0.2, -0.15) is 0 Å². The molecule has 1 N–H and O–H groups in total. The van der Waals surface area contributed by atoms with Gasteiger partial charge in [0.1, 0.15) is 5.82 Å². The summed E-state index contributed by atoms with van der Waals surface area (Å²) in [5, 5.41) is 3.31. The highest BCUT2D eigenvalue weighted by Crippen LogP contribution is 2.16. The standard InChI is InChI=1S/C20H24FN3O/c21-18-8-6-16(7-9-18)15-24(13-10-19-5-1-2-12-23-19)20(25)17-4-3-11-22-14-17/h1-2,5-9,12,17,22H,3-4,10-11,13-15H2. The van der Waals surface area contributed by atoms with E-state index < -0.39 is 0 Å². The fourth-order valence-electron chi connectivity index (χ4n) is 3.19. The molecular formula is C20H24FN3O. The zero-order valence-corrected chi connectivity index (χ0v) is 14.3. The number of nitrogens with one attached hydrogen (secondary N) is 1. The molecule has 4 nitrogen and oxygen atoms in total. The smallest absolute Gasteiger partial charge is 0.227 e. The van der Waals surface area contributed by atoms with Crippen molar-refractivity contribution in [2.75, 3.05) is 19.6 Å². The van der Waals surface area contributed by atoms with Gasteiger partial charge < -0.3 is 10.2 Å². The lowest BCUT2D eigenvalue weighted by atomic mass is 9.97. The largest absolute Gasteiger partial charge is 0.338 e. The molecule has 2 aromatic rings. The first kappa shape index (κ1) is 17.5. The van der Waals surface area contributed by atoms with E-state index in [2.05, 4.69) is 10.3 Å². The number of aromatic nitrogens is 1. The molecular weight excluding hydrogens is 317 g/mol. The topological polar surface area (TPSA) is 45.2 Å². The van der Waals surface area contributed by atoms with Gasteiger partial charge in [-0.05, 0) is 49.2 Å². The maximum absolute atomic E-state index is 13.1. The molecule has 2 heterocycles. The van der Waals surface area contributed by atoms with Crippen LogP contribution in [-0.4, -0.2) is 35.4 Å². The maximum Gasteiger partial charge on any atom is 0.227 e. The molecule has 0 radical (unpaired) electrons. The van der Waals surface area contributed by atoms with Gasteiger partial charge in [0.25, 0.3) is 0 Å². The van der Waals surface area contributed by atoms with Crippen LogP contribution >= 0.6 is 0 Å². The van der Waals surface area contributed by atoms with Gasteiger partial charge >= 0.3 is 0 Å². The molecule has 1 fully saturated rings. The van der Waals surface area contributed by atoms with Crippen LogP contribution in [0.2, 0.25) is 0 Å². The molecule has 1 unspecified atom stereocenters. The number of rotatable bonds is 6. The molecule has 0 bridgehead atoms. The highest BCUT2D eigenvalue weighted by molar-refractivity contribution is 5.79. The first-order valence-corrected chi connectivity index (χ1v) is 8.86. The summed E-state index contributed by atoms with van der Waals surface area (Å²) in [6.07, 6.45) is 4.44. The van der Waals surface area contributed by atoms with E-state index in [4.69, 9.17) is 0 Å². The highest BCUT2D eigenvalue weighted by atomic mass is 19.1. The Labute approximate surface area is 148 Å². The molecule has 0 aliphatic carbocycles. The lowest BCUT2D eigenvalue weighted by Gasteiger charge is -2.30. The fraction of sp³-hybridized carbons (Fsp3) is 0.400. The third-order valence-corrected chi connectivity index (χ3v) is 4.61. The molecule has 5 heteroatoms. The summed E-state index contributed by atoms with van der Waals surface area (Å²) in [4.78, 5) is 19.2. The molecule has 1 aliphatic heterocycles. The Morgan fingerprint density at radius 1 is 1.24 bits per heavy atom. The molecule has 1 aromatic carbocycles. The van der Waals surface area contributed by atoms with Gasteiger partial charge in [0.2, 0.25) is 5.91 Å². The Bertz CT molecular complexity index is 669. The van der Waals surface area contributed by atoms with Crippen LogP contribution in [0.5, 0.6) is 0 Å². The van der Waals surface area contributed by atoms with E-state index in [1.807, 2.05) is 23.1 Å². The SMILES string of the molecule is O=C(C1CCCNC1)N(CCc1ccccn1)Cc1ccc(F)cc1. The second-order valence-corrected chi connectivity index (χ2v) is 6.50. The van der Waals surface area contributed by atoms with E-state index in [0.717, 1.165) is 37.2 Å². The van der Waals surface area contributed by atoms with Crippen molar-refractivity contribution in [1.82, 2.24) is 15.2 Å². The second-order valence-electron chi connectivity index (χ2n) is 6.50. The van der Waals surface area contributed by atoms with Crippen molar-refractivity contribution in [3.8, 4) is 0 Å². The number of benzene rings is 1. The maximum atomic E-state index is 13.1. The number of carbonyl (C=O) groups excluding carboxylic acids is 1. The van der Waals surface area contributed by atoms with E-state index in [1.54, 1.807) is 18.3 Å². The summed E-state index contributed by atoms with van der Waals surface area (Å²) in [6.45, 7) is 2.84. The minimum atomic E-state index is -0.258. The van der Waals surface area contributed by atoms with Gasteiger partial charge in [0, 0.05) is 37.9 Å². The number of nitrogens with zero attached hydrogens (tertiary/aromatic N) is 2. The van der Waals surface area contributed by atoms with Gasteiger partial charge in [-0.15, -0.1) is 0 Å². The number of hydrogen-bond acceptors (Lipinski definition) is 3. The van der Waals surface area contributed by atoms with Crippen LogP contribution in [0.1, 0.15) is 24.1 Å². The predicted octanol–water partition coefficient (Wildman–Crippen LogP) is 2.79. The highest BCUT2D eigenvalue weighted by Gasteiger charge is 2.26. The van der Waals surface area contributed by atoms with Gasteiger partial charge in [-0.3, -0.25) is 9.78 Å². The van der Waals surface area contributed by atoms with Gasteiger partial charge in [-0.1, -0.05) is 18.2 Å². The summed E-state index contributed by atoms with van der Waals surface area (Å²) in [5.41, 5.74) is 1.92. The Hall–Kier alpha value is -2.27. The fourth-order valence-corrected chi connectivity index (χ4v) is 3.19. The third-order valence-electron chi connectivity index (χ3n) is 4.61. The Morgan fingerprint density at radius 2 is 2.08 bits per heavy atom. The monoisotopic (exact) mass is 341 g/mol. The van der Waals surface area contributed by atoms with E-state index in [0.29, 0.717) is 19.5 Å². The molecule has 1 atom stereocenters. The number of carbonyl (C=O) groups is 1. The van der Waals surface area contributed by atoms with Crippen molar-refractivity contribution >= 4 is 5.91 Å². The minimum Gasteiger partial charge on any atom is -0.338 e. The molecule has 1 amide bonds. The van der Waals surface area contributed by atoms with Crippen molar-refractivity contribution in [2.24, 2.45) is 5.92 Å². The minimum absolute atomic E-state index is 0.0259. The average molecular weight is 341 g/mol. The second kappa shape index (κ2) is 8.72. The van der Waals surface area contributed by atoms with Crippen molar-refractivity contribution in [2.45, 2.75) is 25.8 Å². The predicted molar refractivity (Wildman–Crippen MR) is 95.4 cm³/mol. The lowest BCUT2D eigenvalue weighted by Crippen LogP contribution is -2.43. The van der Waals surface area contributed by atoms with Gasteiger partial charge in [0.15, 0.2) is 0 Å². The van der Waals surface area contributed by atoms with Crippen molar-refractivity contribution in [3.05, 3.63) is 65.7 Å². The number of halogens is 1. The molecule has 0 saturated carbocycles. The summed E-state index contributed by atoms with van der Waals surface area (Å²) < 4.78 is 13.1. The zero-order valence-electron chi connectivity index (χ0n) is 14.3. The van der Waals surface area contributed by atoms with Crippen LogP contribution in [0.15, 0.2) is 48.7 Å². The lowest BCUT2D eigenvalue weighted by molar-refractivity contribution is -0.136. The number of amides is 1. The summed E-state index contributed by atoms with van der Waals surface area (Å²) in [5.74, 6) is -0.0584. The van der Waals surface area contributed by atoms with E-state index in [1.165, 1.54) is 12.1 Å². The van der Waals surface area contributed by atoms with E-state index >= 15 is 0 Å². The normalized spacial score (nSPS) is 17.2. The quantitative estimate of drug-likeness (QED) is 0.879. The number of pyridine rings is 1. The Morgan fingerprint density at radius 3 is 2.76 bits per heavy atom. The molecule has 1 saturated heterocycles. The summed E-state index contributed by atoms with van der Waals surface area (Å²) in [6, 6.07) is 12.2. The van der Waals surface area contributed by atoms with Crippen molar-refractivity contribution < 1.29 is 9.18 Å². The third kappa shape index (κ3) is 5.10. The number of hydrogen-bond donors (Lipinski definition) is 1. The molecule has 3 rings (SSSR count). The van der Waals surface area contributed by atoms with Gasteiger partial charge in [-0.25, -0.2) is 4.39 Å². The molecule has 1 aromatic heterocycles. The average Bonchev–Trinajstić information content (AvgIpc) is 2.67. The Balaban J connectivity index is 1.69. The van der Waals surface area contributed by atoms with Crippen LogP contribution in [0, 0.1) is 11.7 Å². The van der Waals surface area contributed by atoms with Crippen LogP contribution in [0.3, 0.4) is 0 Å². The van der Waals surface area contributed by atoms with Crippen LogP contribution < -0.4 is 5.32 Å². The van der Waals surface area contributed by atoms with Gasteiger partial charge in [0.05, 0.1) is 5.92 Å². The van der Waals surface area contributed by atoms with Crippen molar-refractivity contribution in [1.29, 1.82) is 0 Å². The molecule has 25 heavy (non-hydrogen) atoms. The zero-order chi connectivity index (χ0) is 17.5. The van der Waals surface area contributed by atoms with Crippen LogP contribution in [-0.2, 0) is 17.8 Å². The first-order chi connectivity index (χ1) is 12.2. The summed E-state index contributed by atoms with van der Waals surface area (Å²) in [7, 11) is 0. The van der Waals surface area contributed by atoms with E-state index in [-0.39, 0.29) is 17.6 Å². The molecule has 1 aliphatic rings. The van der Waals surface area contributed by atoms with Crippen LogP contribution in [0.4, 0.5) is 4.39 Å².